The van der Waals surface area contributed by atoms with Crippen LogP contribution in [0.2, 0.25) is 0 Å². The van der Waals surface area contributed by atoms with Gasteiger partial charge in [0.15, 0.2) is 0 Å². The van der Waals surface area contributed by atoms with Crippen LogP contribution in [-0.4, -0.2) is 25.6 Å². The lowest BCUT2D eigenvalue weighted by Crippen LogP contribution is -2.30. The minimum atomic E-state index is 0.486. The topological polar surface area (TPSA) is 55.1 Å². The average molecular weight is 271 g/mol. The van der Waals surface area contributed by atoms with E-state index in [9.17, 15) is 0 Å². The Hall–Kier alpha value is -1.65. The zero-order chi connectivity index (χ0) is 13.7. The first-order chi connectivity index (χ1) is 9.70. The minimum absolute atomic E-state index is 0.486. The fourth-order valence-electron chi connectivity index (χ4n) is 4.28. The van der Waals surface area contributed by atoms with Gasteiger partial charge in [-0.1, -0.05) is 6.42 Å². The lowest BCUT2D eigenvalue weighted by atomic mass is 9.84. The van der Waals surface area contributed by atoms with E-state index in [1.807, 2.05) is 6.92 Å². The molecule has 4 atom stereocenters. The van der Waals surface area contributed by atoms with E-state index < -0.39 is 0 Å². The number of aryl methyl sites for hydroxylation is 1. The van der Waals surface area contributed by atoms with Crippen molar-refractivity contribution in [2.24, 2.45) is 17.8 Å². The number of hydrogen-bond acceptors (Lipinski definition) is 4. The number of nitrogens with zero attached hydrogens (tertiary/aromatic N) is 4. The maximum atomic E-state index is 4.39. The first-order valence-corrected chi connectivity index (χ1v) is 7.64. The summed E-state index contributed by atoms with van der Waals surface area (Å²) in [6, 6.07) is 2.55. The molecule has 20 heavy (non-hydrogen) atoms. The van der Waals surface area contributed by atoms with Crippen LogP contribution in [0.25, 0.3) is 5.78 Å². The second-order valence-corrected chi connectivity index (χ2v) is 6.53. The largest absolute Gasteiger partial charge is 0.367 e. The highest BCUT2D eigenvalue weighted by atomic mass is 15.4. The average Bonchev–Trinajstić information content (AvgIpc) is 3.13. The van der Waals surface area contributed by atoms with Crippen molar-refractivity contribution in [2.45, 2.75) is 45.6 Å². The molecule has 0 radical (unpaired) electrons. The molecular formula is C15H21N5. The molecule has 0 aliphatic heterocycles. The summed E-state index contributed by atoms with van der Waals surface area (Å²) in [6.07, 6.45) is 7.29. The highest BCUT2D eigenvalue weighted by Crippen LogP contribution is 2.49. The Morgan fingerprint density at radius 1 is 1.35 bits per heavy atom. The predicted molar refractivity (Wildman–Crippen MR) is 77.5 cm³/mol. The molecule has 2 aromatic rings. The molecule has 2 aliphatic carbocycles. The van der Waals surface area contributed by atoms with E-state index in [-0.39, 0.29) is 0 Å². The SMILES string of the molecule is Cc1cc(N[C@@H](C)[C@H]2C[C@H]3CC[C@H]2C3)n2ncnc2n1. The zero-order valence-corrected chi connectivity index (χ0v) is 12.1. The number of hydrogen-bond donors (Lipinski definition) is 1. The molecule has 106 valence electrons. The molecular weight excluding hydrogens is 250 g/mol. The summed E-state index contributed by atoms with van der Waals surface area (Å²) in [5, 5.41) is 7.93. The van der Waals surface area contributed by atoms with Crippen molar-refractivity contribution in [1.29, 1.82) is 0 Å². The van der Waals surface area contributed by atoms with E-state index >= 15 is 0 Å². The molecule has 2 aliphatic rings. The van der Waals surface area contributed by atoms with Gasteiger partial charge in [0.1, 0.15) is 12.1 Å². The van der Waals surface area contributed by atoms with Crippen molar-refractivity contribution in [3.8, 4) is 0 Å². The van der Waals surface area contributed by atoms with Gasteiger partial charge in [-0.2, -0.15) is 14.6 Å². The predicted octanol–water partition coefficient (Wildman–Crippen LogP) is 2.67. The van der Waals surface area contributed by atoms with Gasteiger partial charge in [0, 0.05) is 17.8 Å². The summed E-state index contributed by atoms with van der Waals surface area (Å²) < 4.78 is 1.80. The van der Waals surface area contributed by atoms with Gasteiger partial charge < -0.3 is 5.32 Å². The quantitative estimate of drug-likeness (QED) is 0.932. The maximum Gasteiger partial charge on any atom is 0.254 e. The molecule has 5 heteroatoms. The third kappa shape index (κ3) is 1.87. The molecule has 0 spiro atoms. The molecule has 2 bridgehead atoms. The molecule has 5 nitrogen and oxygen atoms in total. The monoisotopic (exact) mass is 271 g/mol. The lowest BCUT2D eigenvalue weighted by molar-refractivity contribution is 0.303. The van der Waals surface area contributed by atoms with Crippen LogP contribution in [0, 0.1) is 24.7 Å². The second-order valence-electron chi connectivity index (χ2n) is 6.53. The summed E-state index contributed by atoms with van der Waals surface area (Å²) in [5.41, 5.74) is 0.980. The van der Waals surface area contributed by atoms with E-state index in [4.69, 9.17) is 0 Å². The van der Waals surface area contributed by atoms with Gasteiger partial charge in [-0.3, -0.25) is 0 Å². The summed E-state index contributed by atoms with van der Waals surface area (Å²) in [7, 11) is 0. The fourth-order valence-corrected chi connectivity index (χ4v) is 4.28. The van der Waals surface area contributed by atoms with Crippen molar-refractivity contribution in [1.82, 2.24) is 19.6 Å². The van der Waals surface area contributed by atoms with Gasteiger partial charge in [0.25, 0.3) is 5.78 Å². The summed E-state index contributed by atoms with van der Waals surface area (Å²) in [5.74, 6) is 4.41. The van der Waals surface area contributed by atoms with Crippen LogP contribution in [0.15, 0.2) is 12.4 Å². The fraction of sp³-hybridized carbons (Fsp3) is 0.667. The van der Waals surface area contributed by atoms with E-state index in [2.05, 4.69) is 33.4 Å². The summed E-state index contributed by atoms with van der Waals surface area (Å²) in [4.78, 5) is 8.57. The van der Waals surface area contributed by atoms with Crippen molar-refractivity contribution < 1.29 is 0 Å². The van der Waals surface area contributed by atoms with Crippen LogP contribution >= 0.6 is 0 Å². The smallest absolute Gasteiger partial charge is 0.254 e. The first kappa shape index (κ1) is 12.1. The molecule has 0 unspecified atom stereocenters. The summed E-state index contributed by atoms with van der Waals surface area (Å²) >= 11 is 0. The third-order valence-electron chi connectivity index (χ3n) is 5.19. The Morgan fingerprint density at radius 2 is 2.25 bits per heavy atom. The van der Waals surface area contributed by atoms with Gasteiger partial charge in [-0.05, 0) is 50.9 Å². The van der Waals surface area contributed by atoms with Crippen LogP contribution in [-0.2, 0) is 0 Å². The standard InChI is InChI=1S/C15H21N5/c1-9-5-14(20-15(18-9)16-8-17-20)19-10(2)13-7-11-3-4-12(13)6-11/h5,8,10-13,19H,3-4,6-7H2,1-2H3/t10-,11-,12-,13+/m0/s1. The van der Waals surface area contributed by atoms with Crippen molar-refractivity contribution in [2.75, 3.05) is 5.32 Å². The van der Waals surface area contributed by atoms with Crippen LogP contribution in [0.1, 0.15) is 38.3 Å². The van der Waals surface area contributed by atoms with E-state index in [0.29, 0.717) is 11.8 Å². The Balaban J connectivity index is 1.59. The van der Waals surface area contributed by atoms with Crippen molar-refractivity contribution in [3.63, 3.8) is 0 Å². The number of anilines is 1. The van der Waals surface area contributed by atoms with Crippen LogP contribution in [0.5, 0.6) is 0 Å². The van der Waals surface area contributed by atoms with Crippen molar-refractivity contribution >= 4 is 11.6 Å². The lowest BCUT2D eigenvalue weighted by Gasteiger charge is -2.29. The van der Waals surface area contributed by atoms with Gasteiger partial charge in [-0.25, -0.2) is 4.98 Å². The Labute approximate surface area is 118 Å². The highest BCUT2D eigenvalue weighted by molar-refractivity contribution is 5.45. The maximum absolute atomic E-state index is 4.39. The normalized spacial score (nSPS) is 30.0. The van der Waals surface area contributed by atoms with Gasteiger partial charge in [0.05, 0.1) is 0 Å². The number of aromatic nitrogens is 4. The molecule has 2 saturated carbocycles. The Kier molecular flexibility index (Phi) is 2.69. The van der Waals surface area contributed by atoms with Gasteiger partial charge in [-0.15, -0.1) is 0 Å². The Morgan fingerprint density at radius 3 is 3.00 bits per heavy atom. The molecule has 0 aromatic carbocycles. The van der Waals surface area contributed by atoms with Crippen LogP contribution in [0.4, 0.5) is 5.82 Å². The van der Waals surface area contributed by atoms with Gasteiger partial charge >= 0.3 is 0 Å². The van der Waals surface area contributed by atoms with Crippen molar-refractivity contribution in [3.05, 3.63) is 18.1 Å². The van der Waals surface area contributed by atoms with E-state index in [0.717, 1.165) is 29.3 Å². The molecule has 0 amide bonds. The molecule has 2 fully saturated rings. The second kappa shape index (κ2) is 4.43. The third-order valence-corrected chi connectivity index (χ3v) is 5.19. The number of rotatable bonds is 3. The highest BCUT2D eigenvalue weighted by Gasteiger charge is 2.41. The Bertz CT molecular complexity index is 634. The van der Waals surface area contributed by atoms with Gasteiger partial charge in [0.2, 0.25) is 0 Å². The molecule has 4 rings (SSSR count). The van der Waals surface area contributed by atoms with E-state index in [1.54, 1.807) is 10.8 Å². The molecule has 2 aromatic heterocycles. The number of fused-ring (bicyclic) bond motifs is 3. The molecule has 0 saturated heterocycles. The van der Waals surface area contributed by atoms with Crippen LogP contribution < -0.4 is 5.32 Å². The molecule has 2 heterocycles. The molecule has 1 N–H and O–H groups in total. The zero-order valence-electron chi connectivity index (χ0n) is 12.1. The first-order valence-electron chi connectivity index (χ1n) is 7.64. The minimum Gasteiger partial charge on any atom is -0.367 e. The van der Waals surface area contributed by atoms with E-state index in [1.165, 1.54) is 25.7 Å². The summed E-state index contributed by atoms with van der Waals surface area (Å²) in [6.45, 7) is 4.31. The number of nitrogens with one attached hydrogen (secondary N) is 1. The van der Waals surface area contributed by atoms with Crippen LogP contribution in [0.3, 0.4) is 0 Å².